The minimum absolute atomic E-state index is 0.0670. The normalized spacial score (nSPS) is 16.5. The van der Waals surface area contributed by atoms with E-state index in [2.05, 4.69) is 10.4 Å². The lowest BCUT2D eigenvalue weighted by atomic mass is 9.95. The van der Waals surface area contributed by atoms with Gasteiger partial charge < -0.3 is 10.4 Å². The molecule has 0 saturated heterocycles. The summed E-state index contributed by atoms with van der Waals surface area (Å²) in [6.45, 7) is 1.63. The first kappa shape index (κ1) is 14.6. The van der Waals surface area contributed by atoms with Gasteiger partial charge in [-0.3, -0.25) is 0 Å². The first-order valence-electron chi connectivity index (χ1n) is 6.80. The number of hydrogen-bond acceptors (Lipinski definition) is 5. The molecule has 0 bridgehead atoms. The summed E-state index contributed by atoms with van der Waals surface area (Å²) < 4.78 is 2.45. The van der Waals surface area contributed by atoms with Gasteiger partial charge in [0.15, 0.2) is 0 Å². The molecule has 23 heavy (non-hydrogen) atoms. The number of nitrogens with zero attached hydrogens (tertiary/aromatic N) is 4. The van der Waals surface area contributed by atoms with Crippen LogP contribution in [0, 0.1) is 11.3 Å². The summed E-state index contributed by atoms with van der Waals surface area (Å²) in [5.74, 6) is -0.833. The van der Waals surface area contributed by atoms with Crippen molar-refractivity contribution in [2.45, 2.75) is 13.0 Å². The molecule has 116 valence electrons. The van der Waals surface area contributed by atoms with Gasteiger partial charge in [-0.1, -0.05) is 12.1 Å². The van der Waals surface area contributed by atoms with Crippen molar-refractivity contribution in [3.8, 4) is 6.07 Å². The minimum Gasteiger partial charge on any atom is -0.478 e. The predicted octanol–water partition coefficient (Wildman–Crippen LogP) is 0.827. The second kappa shape index (κ2) is 5.14. The van der Waals surface area contributed by atoms with Crippen LogP contribution in [0.2, 0.25) is 0 Å². The van der Waals surface area contributed by atoms with Gasteiger partial charge in [0.2, 0.25) is 5.95 Å². The molecular formula is C15H13N5O3. The van der Waals surface area contributed by atoms with Crippen molar-refractivity contribution in [2.75, 3.05) is 5.32 Å². The molecule has 0 saturated carbocycles. The third kappa shape index (κ3) is 2.19. The van der Waals surface area contributed by atoms with Gasteiger partial charge >= 0.3 is 11.7 Å². The molecule has 1 unspecified atom stereocenters. The van der Waals surface area contributed by atoms with Crippen molar-refractivity contribution in [1.29, 1.82) is 5.26 Å². The molecule has 0 aliphatic carbocycles. The Kier molecular flexibility index (Phi) is 3.26. The van der Waals surface area contributed by atoms with E-state index in [0.717, 1.165) is 4.68 Å². The van der Waals surface area contributed by atoms with Crippen LogP contribution in [-0.2, 0) is 11.8 Å². The zero-order valence-corrected chi connectivity index (χ0v) is 12.4. The van der Waals surface area contributed by atoms with Gasteiger partial charge in [-0.25, -0.2) is 18.8 Å². The summed E-state index contributed by atoms with van der Waals surface area (Å²) in [6, 6.07) is 7.68. The molecule has 0 fully saturated rings. The van der Waals surface area contributed by atoms with Gasteiger partial charge in [0.05, 0.1) is 17.2 Å². The Morgan fingerprint density at radius 2 is 2.04 bits per heavy atom. The molecule has 1 atom stereocenters. The molecule has 1 aromatic carbocycles. The lowest BCUT2D eigenvalue weighted by Crippen LogP contribution is -2.34. The lowest BCUT2D eigenvalue weighted by molar-refractivity contribution is -0.133. The number of aromatic nitrogens is 3. The number of benzene rings is 1. The number of carboxylic acids is 1. The molecule has 0 spiro atoms. The SMILES string of the molecule is CC1=C(C(=O)O)C(c2ccc(C#N)cc2)n2c(nn(C)c2=O)N1. The van der Waals surface area contributed by atoms with Crippen LogP contribution < -0.4 is 11.0 Å². The van der Waals surface area contributed by atoms with Crippen molar-refractivity contribution in [1.82, 2.24) is 14.3 Å². The van der Waals surface area contributed by atoms with Crippen LogP contribution in [0.25, 0.3) is 0 Å². The van der Waals surface area contributed by atoms with Gasteiger partial charge in [0, 0.05) is 12.7 Å². The molecule has 8 nitrogen and oxygen atoms in total. The number of allylic oxidation sites excluding steroid dienone is 1. The number of anilines is 1. The highest BCUT2D eigenvalue weighted by Crippen LogP contribution is 2.34. The molecular weight excluding hydrogens is 298 g/mol. The average Bonchev–Trinajstić information content (AvgIpc) is 2.80. The maximum absolute atomic E-state index is 12.4. The van der Waals surface area contributed by atoms with Crippen LogP contribution >= 0.6 is 0 Å². The van der Waals surface area contributed by atoms with E-state index in [1.54, 1.807) is 31.2 Å². The van der Waals surface area contributed by atoms with Crippen molar-refractivity contribution in [3.05, 3.63) is 57.1 Å². The highest BCUT2D eigenvalue weighted by Gasteiger charge is 2.34. The summed E-state index contributed by atoms with van der Waals surface area (Å²) >= 11 is 0. The van der Waals surface area contributed by atoms with Crippen LogP contribution in [0.15, 0.2) is 40.3 Å². The number of fused-ring (bicyclic) bond motifs is 1. The summed E-state index contributed by atoms with van der Waals surface area (Å²) in [4.78, 5) is 24.1. The summed E-state index contributed by atoms with van der Waals surface area (Å²) in [5.41, 5.74) is 1.12. The topological polar surface area (TPSA) is 113 Å². The molecule has 2 aromatic rings. The minimum atomic E-state index is -1.12. The fourth-order valence-electron chi connectivity index (χ4n) is 2.70. The lowest BCUT2D eigenvalue weighted by Gasteiger charge is -2.27. The molecule has 3 rings (SSSR count). The highest BCUT2D eigenvalue weighted by molar-refractivity contribution is 5.90. The monoisotopic (exact) mass is 311 g/mol. The standard InChI is InChI=1S/C15H13N5O3/c1-8-11(13(21)22)12(10-5-3-9(7-16)4-6-10)20-14(17-8)18-19(2)15(20)23/h3-6,12H,1-2H3,(H,17,18)(H,21,22). The number of carbonyl (C=O) groups is 1. The smallest absolute Gasteiger partial charge is 0.347 e. The maximum atomic E-state index is 12.4. The second-order valence-corrected chi connectivity index (χ2v) is 5.20. The Morgan fingerprint density at radius 1 is 1.39 bits per heavy atom. The van der Waals surface area contributed by atoms with Crippen molar-refractivity contribution in [3.63, 3.8) is 0 Å². The van der Waals surface area contributed by atoms with Gasteiger partial charge in [-0.2, -0.15) is 5.26 Å². The van der Waals surface area contributed by atoms with Gasteiger partial charge in [0.1, 0.15) is 6.04 Å². The van der Waals surface area contributed by atoms with E-state index in [4.69, 9.17) is 5.26 Å². The number of nitrogens with one attached hydrogen (secondary N) is 1. The molecule has 1 aromatic heterocycles. The van der Waals surface area contributed by atoms with Gasteiger partial charge in [-0.15, -0.1) is 5.10 Å². The number of carboxylic acid groups (broad SMARTS) is 1. The fraction of sp³-hybridized carbons (Fsp3) is 0.200. The Morgan fingerprint density at radius 3 is 2.61 bits per heavy atom. The average molecular weight is 311 g/mol. The van der Waals surface area contributed by atoms with Crippen molar-refractivity contribution >= 4 is 11.9 Å². The van der Waals surface area contributed by atoms with Crippen LogP contribution in [0.5, 0.6) is 0 Å². The highest BCUT2D eigenvalue weighted by atomic mass is 16.4. The molecule has 1 aliphatic rings. The quantitative estimate of drug-likeness (QED) is 0.849. The van der Waals surface area contributed by atoms with E-state index in [0.29, 0.717) is 16.8 Å². The predicted molar refractivity (Wildman–Crippen MR) is 80.7 cm³/mol. The zero-order chi connectivity index (χ0) is 16.7. The fourth-order valence-corrected chi connectivity index (χ4v) is 2.70. The van der Waals surface area contributed by atoms with Crippen molar-refractivity contribution in [2.24, 2.45) is 7.05 Å². The molecule has 0 radical (unpaired) electrons. The third-order valence-corrected chi connectivity index (χ3v) is 3.78. The number of nitriles is 1. The Bertz CT molecular complexity index is 928. The maximum Gasteiger partial charge on any atom is 0.347 e. The first-order chi connectivity index (χ1) is 10.9. The van der Waals surface area contributed by atoms with Crippen LogP contribution in [-0.4, -0.2) is 25.4 Å². The molecule has 2 N–H and O–H groups in total. The third-order valence-electron chi connectivity index (χ3n) is 3.78. The number of aliphatic carboxylic acids is 1. The molecule has 2 heterocycles. The zero-order valence-electron chi connectivity index (χ0n) is 12.4. The van der Waals surface area contributed by atoms with E-state index in [1.807, 2.05) is 6.07 Å². The van der Waals surface area contributed by atoms with Crippen LogP contribution in [0.4, 0.5) is 5.95 Å². The molecule has 0 amide bonds. The summed E-state index contributed by atoms with van der Waals surface area (Å²) in [7, 11) is 1.50. The number of hydrogen-bond donors (Lipinski definition) is 2. The second-order valence-electron chi connectivity index (χ2n) is 5.20. The molecule has 8 heteroatoms. The Labute approximate surface area is 130 Å². The van der Waals surface area contributed by atoms with Crippen molar-refractivity contribution < 1.29 is 9.90 Å². The van der Waals surface area contributed by atoms with Crippen LogP contribution in [0.3, 0.4) is 0 Å². The Hall–Kier alpha value is -3.34. The van der Waals surface area contributed by atoms with E-state index >= 15 is 0 Å². The van der Waals surface area contributed by atoms with E-state index < -0.39 is 17.7 Å². The largest absolute Gasteiger partial charge is 0.478 e. The van der Waals surface area contributed by atoms with E-state index in [1.165, 1.54) is 11.6 Å². The van der Waals surface area contributed by atoms with Crippen LogP contribution in [0.1, 0.15) is 24.1 Å². The number of rotatable bonds is 2. The first-order valence-corrected chi connectivity index (χ1v) is 6.80. The Balaban J connectivity index is 2.27. The van der Waals surface area contributed by atoms with E-state index in [-0.39, 0.29) is 11.5 Å². The van der Waals surface area contributed by atoms with Gasteiger partial charge in [-0.05, 0) is 24.6 Å². The number of aryl methyl sites for hydroxylation is 1. The molecule has 1 aliphatic heterocycles. The summed E-state index contributed by atoms with van der Waals surface area (Å²) in [5, 5.41) is 25.4. The summed E-state index contributed by atoms with van der Waals surface area (Å²) in [6.07, 6.45) is 0. The van der Waals surface area contributed by atoms with E-state index in [9.17, 15) is 14.7 Å². The van der Waals surface area contributed by atoms with Gasteiger partial charge in [0.25, 0.3) is 0 Å².